The summed E-state index contributed by atoms with van der Waals surface area (Å²) in [6, 6.07) is 6.65. The molecular formula is C32H38F6N4O6. The van der Waals surface area contributed by atoms with Gasteiger partial charge in [-0.05, 0) is 56.0 Å². The lowest BCUT2D eigenvalue weighted by Gasteiger charge is -2.34. The van der Waals surface area contributed by atoms with Crippen molar-refractivity contribution in [3.8, 4) is 11.5 Å². The lowest BCUT2D eigenvalue weighted by atomic mass is 9.89. The molecule has 2 aliphatic rings. The van der Waals surface area contributed by atoms with Crippen LogP contribution >= 0.6 is 0 Å². The number of ether oxygens (including phenoxy) is 2. The highest BCUT2D eigenvalue weighted by atomic mass is 19.4. The van der Waals surface area contributed by atoms with E-state index in [0.29, 0.717) is 61.4 Å². The second-order valence-corrected chi connectivity index (χ2v) is 11.9. The number of benzene rings is 2. The third-order valence-corrected chi connectivity index (χ3v) is 8.59. The number of hydrogen-bond acceptors (Lipinski definition) is 7. The summed E-state index contributed by atoms with van der Waals surface area (Å²) in [5.41, 5.74) is -6.74. The summed E-state index contributed by atoms with van der Waals surface area (Å²) >= 11 is 0. The summed E-state index contributed by atoms with van der Waals surface area (Å²) in [6.07, 6.45) is -11.1. The number of nitrogens with zero attached hydrogens (tertiary/aromatic N) is 3. The van der Waals surface area contributed by atoms with Crippen molar-refractivity contribution < 1.29 is 55.3 Å². The molecular weight excluding hydrogens is 650 g/mol. The highest BCUT2D eigenvalue weighted by molar-refractivity contribution is 6.09. The number of nitrogens with one attached hydrogen (secondary N) is 1. The number of alkyl halides is 6. The quantitative estimate of drug-likeness (QED) is 0.242. The van der Waals surface area contributed by atoms with E-state index in [2.05, 4.69) is 5.32 Å². The van der Waals surface area contributed by atoms with Crippen molar-refractivity contribution in [2.24, 2.45) is 0 Å². The highest BCUT2D eigenvalue weighted by Gasteiger charge is 2.71. The number of imide groups is 1. The lowest BCUT2D eigenvalue weighted by Crippen LogP contribution is -2.54. The molecule has 48 heavy (non-hydrogen) atoms. The summed E-state index contributed by atoms with van der Waals surface area (Å²) in [4.78, 5) is 43.2. The zero-order valence-electron chi connectivity index (χ0n) is 26.9. The van der Waals surface area contributed by atoms with Gasteiger partial charge in [-0.1, -0.05) is 31.5 Å². The number of anilines is 1. The van der Waals surface area contributed by atoms with Crippen molar-refractivity contribution in [3.63, 3.8) is 0 Å². The molecule has 1 atom stereocenters. The van der Waals surface area contributed by atoms with Gasteiger partial charge in [-0.3, -0.25) is 14.5 Å². The Labute approximate surface area is 273 Å². The smallest absolute Gasteiger partial charge is 0.430 e. The largest absolute Gasteiger partial charge is 0.486 e. The predicted octanol–water partition coefficient (Wildman–Crippen LogP) is 4.86. The number of carbonyl (C=O) groups is 3. The zero-order valence-corrected chi connectivity index (χ0v) is 26.9. The molecule has 1 fully saturated rings. The Morgan fingerprint density at radius 1 is 0.979 bits per heavy atom. The Morgan fingerprint density at radius 3 is 2.23 bits per heavy atom. The van der Waals surface area contributed by atoms with E-state index in [1.165, 1.54) is 18.9 Å². The number of amides is 4. The zero-order chi connectivity index (χ0) is 35.7. The molecule has 10 nitrogen and oxygen atoms in total. The van der Waals surface area contributed by atoms with Gasteiger partial charge < -0.3 is 29.7 Å². The molecule has 0 aromatic heterocycles. The number of carbonyl (C=O) groups excluding carboxylic acids is 3. The molecule has 2 heterocycles. The maximum Gasteiger partial charge on any atom is 0.430 e. The van der Waals surface area contributed by atoms with Gasteiger partial charge >= 0.3 is 18.4 Å². The second-order valence-electron chi connectivity index (χ2n) is 11.9. The van der Waals surface area contributed by atoms with Gasteiger partial charge in [-0.25, -0.2) is 4.79 Å². The molecule has 264 valence electrons. The molecule has 4 amide bonds. The lowest BCUT2D eigenvalue weighted by molar-refractivity contribution is -0.376. The van der Waals surface area contributed by atoms with E-state index in [1.54, 1.807) is 36.9 Å². The number of likely N-dealkylation sites (N-methyl/N-ethyl adjacent to an activating group) is 1. The standard InChI is InChI=1S/C32H38F6N4O6/c1-5-8-20-17-22(30(46,31(33,34)35)32(36,37)38)9-11-23(20)41(6-2)14-7-13-40(4)26(43)19-42-27(44)29(3,39-28(42)45)21-10-12-24-25(18-21)48-16-15-47-24/h9-12,17-18,46H,5-8,13-16,19H2,1-4H3,(H,39,45). The Kier molecular flexibility index (Phi) is 10.5. The van der Waals surface area contributed by atoms with Gasteiger partial charge in [0.15, 0.2) is 11.5 Å². The molecule has 0 aliphatic carbocycles. The summed E-state index contributed by atoms with van der Waals surface area (Å²) in [6.45, 7) is 5.98. The first kappa shape index (κ1) is 36.6. The number of halogens is 6. The minimum Gasteiger partial charge on any atom is -0.486 e. The molecule has 2 N–H and O–H groups in total. The van der Waals surface area contributed by atoms with Crippen LogP contribution in [0.5, 0.6) is 11.5 Å². The molecule has 1 saturated heterocycles. The van der Waals surface area contributed by atoms with Crippen LogP contribution in [0.1, 0.15) is 50.3 Å². The van der Waals surface area contributed by atoms with Crippen molar-refractivity contribution in [1.29, 1.82) is 0 Å². The Morgan fingerprint density at radius 2 is 1.62 bits per heavy atom. The van der Waals surface area contributed by atoms with E-state index in [1.807, 2.05) is 0 Å². The minimum absolute atomic E-state index is 0.154. The number of hydrogen-bond donors (Lipinski definition) is 2. The van der Waals surface area contributed by atoms with E-state index in [9.17, 15) is 45.8 Å². The van der Waals surface area contributed by atoms with Gasteiger partial charge in [0.25, 0.3) is 11.5 Å². The van der Waals surface area contributed by atoms with Crippen molar-refractivity contribution in [2.75, 3.05) is 51.3 Å². The number of fused-ring (bicyclic) bond motifs is 1. The third kappa shape index (κ3) is 6.84. The molecule has 0 radical (unpaired) electrons. The van der Waals surface area contributed by atoms with Gasteiger partial charge in [0, 0.05) is 37.9 Å². The molecule has 0 bridgehead atoms. The molecule has 16 heteroatoms. The topological polar surface area (TPSA) is 112 Å². The van der Waals surface area contributed by atoms with Gasteiger partial charge in [-0.2, -0.15) is 26.3 Å². The van der Waals surface area contributed by atoms with E-state index < -0.39 is 53.4 Å². The molecule has 2 aliphatic heterocycles. The van der Waals surface area contributed by atoms with Crippen molar-refractivity contribution in [3.05, 3.63) is 53.1 Å². The summed E-state index contributed by atoms with van der Waals surface area (Å²) in [7, 11) is 1.49. The van der Waals surface area contributed by atoms with Gasteiger partial charge in [0.2, 0.25) is 5.91 Å². The van der Waals surface area contributed by atoms with Crippen LogP contribution in [-0.2, 0) is 27.1 Å². The van der Waals surface area contributed by atoms with Crippen LogP contribution in [0.3, 0.4) is 0 Å². The van der Waals surface area contributed by atoms with Crippen LogP contribution < -0.4 is 19.7 Å². The fourth-order valence-corrected chi connectivity index (χ4v) is 5.80. The van der Waals surface area contributed by atoms with Crippen molar-refractivity contribution in [2.45, 2.75) is 63.5 Å². The SMILES string of the molecule is CCCc1cc(C(O)(C(F)(F)F)C(F)(F)F)ccc1N(CC)CCCN(C)C(=O)CN1C(=O)NC(C)(c2ccc3c(c2)OCCO3)C1=O. The summed E-state index contributed by atoms with van der Waals surface area (Å²) in [5.74, 6) is -0.214. The Balaban J connectivity index is 1.41. The normalized spacial score (nSPS) is 18.2. The van der Waals surface area contributed by atoms with Crippen LogP contribution in [0.2, 0.25) is 0 Å². The summed E-state index contributed by atoms with van der Waals surface area (Å²) < 4.78 is 92.2. The van der Waals surface area contributed by atoms with Crippen molar-refractivity contribution in [1.82, 2.24) is 15.1 Å². The van der Waals surface area contributed by atoms with Crippen LogP contribution in [0.25, 0.3) is 0 Å². The summed E-state index contributed by atoms with van der Waals surface area (Å²) in [5, 5.41) is 12.5. The Hall–Kier alpha value is -4.21. The van der Waals surface area contributed by atoms with Gasteiger partial charge in [0.05, 0.1) is 0 Å². The first-order valence-corrected chi connectivity index (χ1v) is 15.4. The van der Waals surface area contributed by atoms with Crippen LogP contribution in [-0.4, -0.2) is 91.5 Å². The van der Waals surface area contributed by atoms with Crippen LogP contribution in [0.4, 0.5) is 36.8 Å². The van der Waals surface area contributed by atoms with Gasteiger partial charge in [-0.15, -0.1) is 0 Å². The third-order valence-electron chi connectivity index (χ3n) is 8.59. The van der Waals surface area contributed by atoms with Crippen LogP contribution in [0.15, 0.2) is 36.4 Å². The van der Waals surface area contributed by atoms with E-state index in [0.717, 1.165) is 17.0 Å². The van der Waals surface area contributed by atoms with E-state index in [-0.39, 0.29) is 25.1 Å². The maximum atomic E-state index is 13.5. The highest BCUT2D eigenvalue weighted by Crippen LogP contribution is 2.50. The molecule has 0 spiro atoms. The molecule has 1 unspecified atom stereocenters. The van der Waals surface area contributed by atoms with Crippen molar-refractivity contribution >= 4 is 23.5 Å². The average molecular weight is 689 g/mol. The van der Waals surface area contributed by atoms with E-state index in [4.69, 9.17) is 9.47 Å². The molecule has 2 aromatic rings. The number of aryl methyl sites for hydroxylation is 1. The number of rotatable bonds is 12. The maximum absolute atomic E-state index is 13.5. The number of aliphatic hydroxyl groups is 1. The first-order valence-electron chi connectivity index (χ1n) is 15.4. The Bertz CT molecular complexity index is 1520. The molecule has 2 aromatic carbocycles. The second kappa shape index (κ2) is 13.7. The van der Waals surface area contributed by atoms with Crippen LogP contribution in [0, 0.1) is 0 Å². The first-order chi connectivity index (χ1) is 22.4. The minimum atomic E-state index is -6.00. The molecule has 0 saturated carbocycles. The van der Waals surface area contributed by atoms with Gasteiger partial charge in [0.1, 0.15) is 25.3 Å². The number of urea groups is 1. The fourth-order valence-electron chi connectivity index (χ4n) is 5.80. The fraction of sp³-hybridized carbons (Fsp3) is 0.531. The molecule has 4 rings (SSSR count). The average Bonchev–Trinajstić information content (AvgIpc) is 3.25. The predicted molar refractivity (Wildman–Crippen MR) is 162 cm³/mol. The monoisotopic (exact) mass is 688 g/mol. The van der Waals surface area contributed by atoms with E-state index >= 15 is 0 Å².